The first-order valence-electron chi connectivity index (χ1n) is 13.7. The van der Waals surface area contributed by atoms with E-state index in [1.54, 1.807) is 53.3 Å². The molecule has 4 aromatic rings. The molecule has 0 radical (unpaired) electrons. The molecule has 1 saturated carbocycles. The van der Waals surface area contributed by atoms with Gasteiger partial charge in [0.05, 0.1) is 33.6 Å². The number of fused-ring (bicyclic) bond motifs is 2. The Hall–Kier alpha value is -4.05. The third-order valence-corrected chi connectivity index (χ3v) is 9.81. The van der Waals surface area contributed by atoms with E-state index in [1.807, 2.05) is 30.3 Å². The molecular formula is C31H30F2N4O3S. The van der Waals surface area contributed by atoms with Crippen LogP contribution in [0.3, 0.4) is 0 Å². The zero-order valence-corrected chi connectivity index (χ0v) is 23.1. The minimum absolute atomic E-state index is 0.0607. The van der Waals surface area contributed by atoms with Crippen molar-refractivity contribution in [2.75, 3.05) is 10.6 Å². The summed E-state index contributed by atoms with van der Waals surface area (Å²) in [5.74, 6) is -3.34. The molecule has 2 heterocycles. The standard InChI is InChI=1S/C31H30F2N4O3S/c32-31(33)15-12-21(13-16-31)18-24(30(38)35-29-14-17-37(36-29)20-22-6-2-1-3-7-22)23-10-11-28-26(19-23)34-25-8-4-5-9-27(25)41(28,39)40/h1-11,14,17,19,21,24,34H,12-13,15-16,18,20H2,(H,35,36,38). The van der Waals surface area contributed by atoms with Crippen LogP contribution in [0.15, 0.2) is 94.9 Å². The molecule has 41 heavy (non-hydrogen) atoms. The van der Waals surface area contributed by atoms with E-state index in [0.29, 0.717) is 48.6 Å². The number of rotatable bonds is 7. The van der Waals surface area contributed by atoms with Gasteiger partial charge >= 0.3 is 0 Å². The molecule has 7 nitrogen and oxygen atoms in total. The Labute approximate surface area is 237 Å². The normalized spacial score (nSPS) is 18.0. The monoisotopic (exact) mass is 576 g/mol. The summed E-state index contributed by atoms with van der Waals surface area (Å²) in [6.45, 7) is 0.545. The van der Waals surface area contributed by atoms with Crippen LogP contribution in [-0.4, -0.2) is 30.0 Å². The summed E-state index contributed by atoms with van der Waals surface area (Å²) >= 11 is 0. The number of benzene rings is 3. The lowest BCUT2D eigenvalue weighted by Gasteiger charge is -2.31. The van der Waals surface area contributed by atoms with Gasteiger partial charge in [-0.15, -0.1) is 0 Å². The Balaban J connectivity index is 1.27. The number of halogens is 2. The molecule has 1 amide bonds. The number of hydrogen-bond acceptors (Lipinski definition) is 5. The molecule has 1 atom stereocenters. The number of carbonyl (C=O) groups is 1. The van der Waals surface area contributed by atoms with Crippen molar-refractivity contribution in [1.82, 2.24) is 9.78 Å². The SMILES string of the molecule is O=C(Nc1ccn(Cc2ccccc2)n1)C(CC1CCC(F)(F)CC1)c1ccc2c(c1)Nc1ccccc1S2(=O)=O. The highest BCUT2D eigenvalue weighted by Gasteiger charge is 2.37. The number of carbonyl (C=O) groups excluding carboxylic acids is 1. The largest absolute Gasteiger partial charge is 0.353 e. The Morgan fingerprint density at radius 2 is 1.68 bits per heavy atom. The maximum Gasteiger partial charge on any atom is 0.248 e. The predicted molar refractivity (Wildman–Crippen MR) is 152 cm³/mol. The highest BCUT2D eigenvalue weighted by molar-refractivity contribution is 7.92. The second-order valence-corrected chi connectivity index (χ2v) is 12.7. The van der Waals surface area contributed by atoms with E-state index >= 15 is 0 Å². The van der Waals surface area contributed by atoms with Gasteiger partial charge in [0.15, 0.2) is 5.82 Å². The van der Waals surface area contributed by atoms with Crippen LogP contribution in [0.1, 0.15) is 49.1 Å². The summed E-state index contributed by atoms with van der Waals surface area (Å²) in [4.78, 5) is 14.1. The molecule has 1 aromatic heterocycles. The first-order chi connectivity index (χ1) is 19.7. The molecule has 2 N–H and O–H groups in total. The summed E-state index contributed by atoms with van der Waals surface area (Å²) in [7, 11) is -3.74. The molecule has 212 valence electrons. The van der Waals surface area contributed by atoms with E-state index in [-0.39, 0.29) is 34.5 Å². The van der Waals surface area contributed by atoms with Crippen LogP contribution in [0.2, 0.25) is 0 Å². The molecule has 10 heteroatoms. The van der Waals surface area contributed by atoms with Crippen molar-refractivity contribution in [3.05, 3.63) is 96.2 Å². The molecule has 1 aliphatic carbocycles. The first-order valence-corrected chi connectivity index (χ1v) is 15.2. The topological polar surface area (TPSA) is 93.1 Å². The van der Waals surface area contributed by atoms with Gasteiger partial charge < -0.3 is 10.6 Å². The molecule has 0 bridgehead atoms. The van der Waals surface area contributed by atoms with Crippen LogP contribution < -0.4 is 10.6 Å². The lowest BCUT2D eigenvalue weighted by Crippen LogP contribution is -2.29. The van der Waals surface area contributed by atoms with E-state index in [4.69, 9.17) is 0 Å². The van der Waals surface area contributed by atoms with Gasteiger partial charge in [-0.3, -0.25) is 9.48 Å². The van der Waals surface area contributed by atoms with Gasteiger partial charge in [-0.2, -0.15) is 5.10 Å². The smallest absolute Gasteiger partial charge is 0.248 e. The van der Waals surface area contributed by atoms with Crippen LogP contribution in [0, 0.1) is 5.92 Å². The number of nitrogens with one attached hydrogen (secondary N) is 2. The number of nitrogens with zero attached hydrogens (tertiary/aromatic N) is 2. The third kappa shape index (κ3) is 5.74. The summed E-state index contributed by atoms with van der Waals surface area (Å²) in [6.07, 6.45) is 2.41. The number of hydrogen-bond donors (Lipinski definition) is 2. The van der Waals surface area contributed by atoms with Gasteiger partial charge in [0, 0.05) is 25.1 Å². The van der Waals surface area contributed by atoms with Crippen molar-refractivity contribution in [2.24, 2.45) is 5.92 Å². The van der Waals surface area contributed by atoms with Gasteiger partial charge in [-0.05, 0) is 60.6 Å². The van der Waals surface area contributed by atoms with Gasteiger partial charge in [-0.25, -0.2) is 17.2 Å². The van der Waals surface area contributed by atoms with Crippen LogP contribution in [0.5, 0.6) is 0 Å². The van der Waals surface area contributed by atoms with E-state index in [0.717, 1.165) is 5.56 Å². The zero-order valence-electron chi connectivity index (χ0n) is 22.3. The van der Waals surface area contributed by atoms with Crippen LogP contribution in [0.25, 0.3) is 0 Å². The molecule has 1 aliphatic heterocycles. The van der Waals surface area contributed by atoms with Gasteiger partial charge in [0.25, 0.3) is 0 Å². The minimum Gasteiger partial charge on any atom is -0.353 e. The van der Waals surface area contributed by atoms with Crippen molar-refractivity contribution in [3.63, 3.8) is 0 Å². The first kappa shape index (κ1) is 27.1. The Morgan fingerprint density at radius 3 is 2.46 bits per heavy atom. The Bertz CT molecular complexity index is 1680. The number of amides is 1. The van der Waals surface area contributed by atoms with Crippen molar-refractivity contribution in [2.45, 2.75) is 60.3 Å². The fourth-order valence-electron chi connectivity index (χ4n) is 5.73. The Kier molecular flexibility index (Phi) is 7.11. The quantitative estimate of drug-likeness (QED) is 0.223. The number of aromatic nitrogens is 2. The molecule has 0 spiro atoms. The predicted octanol–water partition coefficient (Wildman–Crippen LogP) is 6.76. The van der Waals surface area contributed by atoms with E-state index in [9.17, 15) is 22.0 Å². The van der Waals surface area contributed by atoms with Gasteiger partial charge in [0.1, 0.15) is 0 Å². The molecule has 6 rings (SSSR count). The van der Waals surface area contributed by atoms with Crippen LogP contribution in [0.4, 0.5) is 26.0 Å². The van der Waals surface area contributed by atoms with E-state index < -0.39 is 21.7 Å². The fraction of sp³-hybridized carbons (Fsp3) is 0.290. The summed E-state index contributed by atoms with van der Waals surface area (Å²) in [6, 6.07) is 23.1. The van der Waals surface area contributed by atoms with Gasteiger partial charge in [0.2, 0.25) is 21.7 Å². The Morgan fingerprint density at radius 1 is 0.976 bits per heavy atom. The average molecular weight is 577 g/mol. The maximum absolute atomic E-state index is 13.9. The molecule has 1 unspecified atom stereocenters. The highest BCUT2D eigenvalue weighted by atomic mass is 32.2. The lowest BCUT2D eigenvalue weighted by atomic mass is 9.79. The minimum atomic E-state index is -3.74. The zero-order chi connectivity index (χ0) is 28.6. The van der Waals surface area contributed by atoms with Gasteiger partial charge in [-0.1, -0.05) is 48.5 Å². The maximum atomic E-state index is 13.9. The molecule has 1 fully saturated rings. The number of alkyl halides is 2. The van der Waals surface area contributed by atoms with E-state index in [1.165, 1.54) is 6.07 Å². The summed E-state index contributed by atoms with van der Waals surface area (Å²) in [5.41, 5.74) is 2.54. The number of sulfone groups is 1. The molecule has 0 saturated heterocycles. The van der Waals surface area contributed by atoms with Crippen LogP contribution in [-0.2, 0) is 21.2 Å². The summed E-state index contributed by atoms with van der Waals surface area (Å²) in [5, 5.41) is 10.6. The molecule has 3 aromatic carbocycles. The lowest BCUT2D eigenvalue weighted by molar-refractivity contribution is -0.118. The van der Waals surface area contributed by atoms with Crippen molar-refractivity contribution >= 4 is 32.9 Å². The van der Waals surface area contributed by atoms with Crippen molar-refractivity contribution in [3.8, 4) is 0 Å². The average Bonchev–Trinajstić information content (AvgIpc) is 3.39. The second-order valence-electron chi connectivity index (χ2n) is 10.8. The highest BCUT2D eigenvalue weighted by Crippen LogP contribution is 2.43. The van der Waals surface area contributed by atoms with Crippen molar-refractivity contribution in [1.29, 1.82) is 0 Å². The summed E-state index contributed by atoms with van der Waals surface area (Å²) < 4.78 is 56.0. The number of para-hydroxylation sites is 1. The van der Waals surface area contributed by atoms with Crippen LogP contribution >= 0.6 is 0 Å². The second kappa shape index (κ2) is 10.7. The third-order valence-electron chi connectivity index (χ3n) is 7.94. The van der Waals surface area contributed by atoms with E-state index in [2.05, 4.69) is 15.7 Å². The molecule has 2 aliphatic rings. The number of anilines is 3. The molecular weight excluding hydrogens is 546 g/mol. The van der Waals surface area contributed by atoms with Crippen molar-refractivity contribution < 1.29 is 22.0 Å². The fourth-order valence-corrected chi connectivity index (χ4v) is 7.28.